The van der Waals surface area contributed by atoms with E-state index in [1.165, 1.54) is 0 Å². The van der Waals surface area contributed by atoms with Crippen molar-refractivity contribution >= 4 is 15.9 Å². The van der Waals surface area contributed by atoms with Crippen molar-refractivity contribution in [1.29, 1.82) is 0 Å². The Hall–Kier alpha value is -0.860. The van der Waals surface area contributed by atoms with E-state index in [1.54, 1.807) is 11.7 Å². The third-order valence-electron chi connectivity index (χ3n) is 1.26. The standard InChI is InChI=1S/C7H9BrN4/c1-9-5-3-4-6-7(8)10-11-12(6)2/h9H,5H2,1-2H3. The minimum absolute atomic E-state index is 0.664. The van der Waals surface area contributed by atoms with E-state index >= 15 is 0 Å². The molecule has 64 valence electrons. The molecular formula is C7H9BrN4. The van der Waals surface area contributed by atoms with Gasteiger partial charge in [0.1, 0.15) is 5.69 Å². The maximum Gasteiger partial charge on any atom is 0.164 e. The third-order valence-corrected chi connectivity index (χ3v) is 1.79. The molecule has 1 aromatic heterocycles. The zero-order valence-corrected chi connectivity index (χ0v) is 8.51. The summed E-state index contributed by atoms with van der Waals surface area (Å²) in [4.78, 5) is 0. The van der Waals surface area contributed by atoms with Crippen LogP contribution in [0.4, 0.5) is 0 Å². The molecule has 1 rings (SSSR count). The maximum atomic E-state index is 3.80. The van der Waals surface area contributed by atoms with Gasteiger partial charge in [0, 0.05) is 7.05 Å². The van der Waals surface area contributed by atoms with Gasteiger partial charge in [-0.15, -0.1) is 5.10 Å². The molecule has 0 atom stereocenters. The summed E-state index contributed by atoms with van der Waals surface area (Å²) in [5.41, 5.74) is 0.797. The lowest BCUT2D eigenvalue weighted by Crippen LogP contribution is -2.04. The number of rotatable bonds is 1. The molecule has 0 aliphatic rings. The molecule has 0 bridgehead atoms. The van der Waals surface area contributed by atoms with Crippen LogP contribution in [0.15, 0.2) is 4.60 Å². The smallest absolute Gasteiger partial charge is 0.164 e. The van der Waals surface area contributed by atoms with Crippen LogP contribution in [-0.2, 0) is 7.05 Å². The van der Waals surface area contributed by atoms with Crippen LogP contribution in [-0.4, -0.2) is 28.6 Å². The molecule has 1 aromatic rings. The van der Waals surface area contributed by atoms with E-state index < -0.39 is 0 Å². The van der Waals surface area contributed by atoms with Crippen LogP contribution in [0.2, 0.25) is 0 Å². The van der Waals surface area contributed by atoms with Gasteiger partial charge in [0.25, 0.3) is 0 Å². The number of hydrogen-bond acceptors (Lipinski definition) is 3. The molecule has 0 spiro atoms. The van der Waals surface area contributed by atoms with E-state index in [1.807, 2.05) is 7.05 Å². The number of aryl methyl sites for hydroxylation is 1. The van der Waals surface area contributed by atoms with Crippen molar-refractivity contribution in [3.8, 4) is 11.8 Å². The van der Waals surface area contributed by atoms with Gasteiger partial charge in [-0.25, -0.2) is 4.68 Å². The largest absolute Gasteiger partial charge is 0.309 e. The summed E-state index contributed by atoms with van der Waals surface area (Å²) in [5, 5.41) is 10.5. The van der Waals surface area contributed by atoms with Crippen molar-refractivity contribution in [2.75, 3.05) is 13.6 Å². The minimum Gasteiger partial charge on any atom is -0.309 e. The highest BCUT2D eigenvalue weighted by Gasteiger charge is 2.02. The summed E-state index contributed by atoms with van der Waals surface area (Å²) in [6.45, 7) is 0.664. The Morgan fingerprint density at radius 1 is 1.67 bits per heavy atom. The number of nitrogens with one attached hydrogen (secondary N) is 1. The van der Waals surface area contributed by atoms with Gasteiger partial charge in [0.15, 0.2) is 4.60 Å². The van der Waals surface area contributed by atoms with Gasteiger partial charge in [-0.1, -0.05) is 11.1 Å². The van der Waals surface area contributed by atoms with Crippen LogP contribution >= 0.6 is 15.9 Å². The normalized spacial score (nSPS) is 9.25. The zero-order valence-electron chi connectivity index (χ0n) is 6.93. The van der Waals surface area contributed by atoms with Crippen LogP contribution in [0.25, 0.3) is 0 Å². The molecule has 0 aromatic carbocycles. The molecule has 0 fully saturated rings. The van der Waals surface area contributed by atoms with Gasteiger partial charge in [-0.2, -0.15) is 0 Å². The van der Waals surface area contributed by atoms with Crippen molar-refractivity contribution in [3.63, 3.8) is 0 Å². The van der Waals surface area contributed by atoms with E-state index in [0.29, 0.717) is 11.1 Å². The van der Waals surface area contributed by atoms with Gasteiger partial charge >= 0.3 is 0 Å². The topological polar surface area (TPSA) is 42.7 Å². The van der Waals surface area contributed by atoms with Gasteiger partial charge in [-0.3, -0.25) is 0 Å². The first kappa shape index (κ1) is 9.23. The molecule has 4 nitrogen and oxygen atoms in total. The molecule has 0 radical (unpaired) electrons. The van der Waals surface area contributed by atoms with Crippen molar-refractivity contribution in [2.24, 2.45) is 7.05 Å². The molecule has 12 heavy (non-hydrogen) atoms. The van der Waals surface area contributed by atoms with Crippen LogP contribution in [0.3, 0.4) is 0 Å². The second-order valence-corrected chi connectivity index (χ2v) is 2.94. The Kier molecular flexibility index (Phi) is 3.26. The number of halogens is 1. The van der Waals surface area contributed by atoms with E-state index in [9.17, 15) is 0 Å². The Labute approximate surface area is 79.5 Å². The third kappa shape index (κ3) is 2.06. The van der Waals surface area contributed by atoms with Crippen molar-refractivity contribution < 1.29 is 0 Å². The molecule has 5 heteroatoms. The molecule has 0 saturated heterocycles. The molecule has 1 heterocycles. The summed E-state index contributed by atoms with van der Waals surface area (Å²) in [6.07, 6.45) is 0. The first-order valence-electron chi connectivity index (χ1n) is 3.44. The summed E-state index contributed by atoms with van der Waals surface area (Å²) in [6, 6.07) is 0. The fourth-order valence-electron chi connectivity index (χ4n) is 0.681. The van der Waals surface area contributed by atoms with Crippen LogP contribution < -0.4 is 5.32 Å². The Balaban J connectivity index is 2.82. The monoisotopic (exact) mass is 228 g/mol. The lowest BCUT2D eigenvalue weighted by Gasteiger charge is -1.88. The molecule has 0 unspecified atom stereocenters. The number of nitrogens with zero attached hydrogens (tertiary/aromatic N) is 3. The Bertz CT molecular complexity index is 300. The quantitative estimate of drug-likeness (QED) is 0.697. The minimum atomic E-state index is 0.664. The number of aromatic nitrogens is 3. The van der Waals surface area contributed by atoms with Gasteiger partial charge in [0.2, 0.25) is 0 Å². The highest BCUT2D eigenvalue weighted by atomic mass is 79.9. The van der Waals surface area contributed by atoms with Crippen molar-refractivity contribution in [3.05, 3.63) is 10.3 Å². The van der Waals surface area contributed by atoms with Gasteiger partial charge in [-0.05, 0) is 28.9 Å². The molecule has 1 N–H and O–H groups in total. The lowest BCUT2D eigenvalue weighted by atomic mass is 10.4. The molecule has 0 amide bonds. The average molecular weight is 229 g/mol. The summed E-state index contributed by atoms with van der Waals surface area (Å²) < 4.78 is 2.32. The molecule has 0 saturated carbocycles. The van der Waals surface area contributed by atoms with E-state index in [4.69, 9.17) is 0 Å². The van der Waals surface area contributed by atoms with Gasteiger partial charge in [0.05, 0.1) is 6.54 Å². The zero-order chi connectivity index (χ0) is 8.97. The molecule has 0 aliphatic carbocycles. The van der Waals surface area contributed by atoms with Crippen LogP contribution in [0.1, 0.15) is 5.69 Å². The second kappa shape index (κ2) is 4.24. The maximum absolute atomic E-state index is 3.80. The SMILES string of the molecule is CNCC#Cc1c(Br)nnn1C. The lowest BCUT2D eigenvalue weighted by molar-refractivity contribution is 0.707. The average Bonchev–Trinajstić information content (AvgIpc) is 2.35. The summed E-state index contributed by atoms with van der Waals surface area (Å²) >= 11 is 3.25. The van der Waals surface area contributed by atoms with Crippen molar-refractivity contribution in [1.82, 2.24) is 20.3 Å². The summed E-state index contributed by atoms with van der Waals surface area (Å²) in [7, 11) is 3.66. The first-order chi connectivity index (χ1) is 5.75. The summed E-state index contributed by atoms with van der Waals surface area (Å²) in [5.74, 6) is 5.87. The van der Waals surface area contributed by atoms with E-state index in [0.717, 1.165) is 5.69 Å². The number of hydrogen-bond donors (Lipinski definition) is 1. The molecule has 0 aliphatic heterocycles. The highest BCUT2D eigenvalue weighted by molar-refractivity contribution is 9.10. The highest BCUT2D eigenvalue weighted by Crippen LogP contribution is 2.09. The first-order valence-corrected chi connectivity index (χ1v) is 4.23. The van der Waals surface area contributed by atoms with Gasteiger partial charge < -0.3 is 5.32 Å². The molecular weight excluding hydrogens is 220 g/mol. The Morgan fingerprint density at radius 2 is 2.42 bits per heavy atom. The van der Waals surface area contributed by atoms with Crippen molar-refractivity contribution in [2.45, 2.75) is 0 Å². The van der Waals surface area contributed by atoms with Crippen LogP contribution in [0.5, 0.6) is 0 Å². The predicted molar refractivity (Wildman–Crippen MR) is 49.5 cm³/mol. The fourth-order valence-corrected chi connectivity index (χ4v) is 1.11. The Morgan fingerprint density at radius 3 is 2.92 bits per heavy atom. The van der Waals surface area contributed by atoms with E-state index in [2.05, 4.69) is 43.4 Å². The predicted octanol–water partition coefficient (Wildman–Crippen LogP) is 0.148. The fraction of sp³-hybridized carbons (Fsp3) is 0.429. The second-order valence-electron chi connectivity index (χ2n) is 2.18. The van der Waals surface area contributed by atoms with E-state index in [-0.39, 0.29) is 0 Å². The van der Waals surface area contributed by atoms with Crippen LogP contribution in [0, 0.1) is 11.8 Å².